The molecule has 1 heterocycles. The van der Waals surface area contributed by atoms with Gasteiger partial charge in [0.05, 0.1) is 13.2 Å². The summed E-state index contributed by atoms with van der Waals surface area (Å²) in [5.74, 6) is 1.75. The molecule has 1 atom stereocenters. The first kappa shape index (κ1) is 21.8. The van der Waals surface area contributed by atoms with Gasteiger partial charge in [-0.25, -0.2) is 4.79 Å². The molecule has 0 aliphatic carbocycles. The van der Waals surface area contributed by atoms with Crippen LogP contribution in [-0.2, 0) is 14.3 Å². The fraction of sp³-hybridized carbons (Fsp3) is 0.227. The summed E-state index contributed by atoms with van der Waals surface area (Å²) in [6.07, 6.45) is 5.29. The Labute approximate surface area is 179 Å². The molecule has 4 N–H and O–H groups in total. The summed E-state index contributed by atoms with van der Waals surface area (Å²) in [4.78, 5) is 38.1. The number of morpholine rings is 1. The van der Waals surface area contributed by atoms with Crippen molar-refractivity contribution in [3.05, 3.63) is 54.1 Å². The van der Waals surface area contributed by atoms with Gasteiger partial charge in [0.15, 0.2) is 0 Å². The van der Waals surface area contributed by atoms with Crippen LogP contribution in [0.25, 0.3) is 0 Å². The minimum absolute atomic E-state index is 0.0401. The number of rotatable bonds is 6. The lowest BCUT2D eigenvalue weighted by molar-refractivity contribution is -0.125. The van der Waals surface area contributed by atoms with E-state index in [9.17, 15) is 19.5 Å². The van der Waals surface area contributed by atoms with Gasteiger partial charge in [0.1, 0.15) is 12.6 Å². The lowest BCUT2D eigenvalue weighted by Gasteiger charge is -2.27. The van der Waals surface area contributed by atoms with Gasteiger partial charge in [-0.05, 0) is 48.5 Å². The van der Waals surface area contributed by atoms with Gasteiger partial charge in [0, 0.05) is 29.2 Å². The minimum atomic E-state index is -1.16. The third-order valence-electron chi connectivity index (χ3n) is 4.55. The summed E-state index contributed by atoms with van der Waals surface area (Å²) >= 11 is 0. The van der Waals surface area contributed by atoms with Crippen molar-refractivity contribution in [1.82, 2.24) is 5.32 Å². The first-order valence-electron chi connectivity index (χ1n) is 9.54. The van der Waals surface area contributed by atoms with Crippen molar-refractivity contribution < 1.29 is 24.2 Å². The Kier molecular flexibility index (Phi) is 7.22. The van der Waals surface area contributed by atoms with E-state index >= 15 is 0 Å². The van der Waals surface area contributed by atoms with E-state index in [4.69, 9.17) is 11.2 Å². The molecule has 1 fully saturated rings. The number of ether oxygens (including phenoxy) is 1. The van der Waals surface area contributed by atoms with Crippen molar-refractivity contribution >= 4 is 34.9 Å². The van der Waals surface area contributed by atoms with Crippen molar-refractivity contribution in [2.45, 2.75) is 6.04 Å². The highest BCUT2D eigenvalue weighted by Gasteiger charge is 2.22. The van der Waals surface area contributed by atoms with E-state index in [0.29, 0.717) is 35.8 Å². The molecule has 0 radical (unpaired) electrons. The molecule has 31 heavy (non-hydrogen) atoms. The third-order valence-corrected chi connectivity index (χ3v) is 4.55. The fourth-order valence-electron chi connectivity index (χ4n) is 2.91. The van der Waals surface area contributed by atoms with E-state index in [-0.39, 0.29) is 12.5 Å². The van der Waals surface area contributed by atoms with Crippen molar-refractivity contribution in [2.75, 3.05) is 41.9 Å². The second-order valence-corrected chi connectivity index (χ2v) is 6.69. The number of carbonyl (C=O) groups is 3. The first-order valence-corrected chi connectivity index (χ1v) is 9.54. The number of benzene rings is 2. The summed E-state index contributed by atoms with van der Waals surface area (Å²) in [7, 11) is 0. The van der Waals surface area contributed by atoms with Crippen molar-refractivity contribution in [3.8, 4) is 12.3 Å². The Morgan fingerprint density at radius 1 is 1.10 bits per heavy atom. The van der Waals surface area contributed by atoms with Crippen LogP contribution in [0.3, 0.4) is 0 Å². The van der Waals surface area contributed by atoms with Gasteiger partial charge < -0.3 is 30.7 Å². The summed E-state index contributed by atoms with van der Waals surface area (Å²) in [6.45, 7) is 0.375. The standard InChI is InChI=1S/C22H22N4O5/c1-2-15-3-5-17(6-4-15)24-22(30)25-19(13-27)21(29)23-16-7-9-18(10-8-16)26-11-12-31-14-20(26)28/h1,3-10,19,27H,11-14H2,(H,23,29)(H2,24,25,30)/t19-/m1/s1. The van der Waals surface area contributed by atoms with Crippen molar-refractivity contribution in [3.63, 3.8) is 0 Å². The van der Waals surface area contributed by atoms with Crippen LogP contribution in [0.5, 0.6) is 0 Å². The van der Waals surface area contributed by atoms with Crippen LogP contribution in [-0.4, -0.2) is 55.4 Å². The van der Waals surface area contributed by atoms with E-state index < -0.39 is 24.6 Å². The van der Waals surface area contributed by atoms with E-state index in [2.05, 4.69) is 21.9 Å². The maximum absolute atomic E-state index is 12.4. The van der Waals surface area contributed by atoms with Crippen LogP contribution in [0.1, 0.15) is 5.56 Å². The van der Waals surface area contributed by atoms with Crippen LogP contribution in [0.2, 0.25) is 0 Å². The number of terminal acetylenes is 1. The highest BCUT2D eigenvalue weighted by atomic mass is 16.5. The number of nitrogens with one attached hydrogen (secondary N) is 3. The SMILES string of the molecule is C#Cc1ccc(NC(=O)N[C@H](CO)C(=O)Nc2ccc(N3CCOCC3=O)cc2)cc1. The summed E-state index contributed by atoms with van der Waals surface area (Å²) in [6, 6.07) is 11.5. The monoisotopic (exact) mass is 422 g/mol. The first-order chi connectivity index (χ1) is 15.0. The maximum Gasteiger partial charge on any atom is 0.319 e. The number of urea groups is 1. The van der Waals surface area contributed by atoms with Crippen LogP contribution in [0.15, 0.2) is 48.5 Å². The molecule has 9 heteroatoms. The number of hydrogen-bond donors (Lipinski definition) is 4. The zero-order valence-electron chi connectivity index (χ0n) is 16.6. The summed E-state index contributed by atoms with van der Waals surface area (Å²) in [5.41, 5.74) is 2.31. The molecule has 160 valence electrons. The zero-order valence-corrected chi connectivity index (χ0v) is 16.6. The lowest BCUT2D eigenvalue weighted by atomic mass is 10.2. The van der Waals surface area contributed by atoms with E-state index in [0.717, 1.165) is 0 Å². The van der Waals surface area contributed by atoms with Gasteiger partial charge in [-0.2, -0.15) is 0 Å². The molecule has 1 saturated heterocycles. The van der Waals surface area contributed by atoms with Gasteiger partial charge in [-0.3, -0.25) is 9.59 Å². The van der Waals surface area contributed by atoms with Gasteiger partial charge in [-0.1, -0.05) is 5.92 Å². The molecule has 9 nitrogen and oxygen atoms in total. The topological polar surface area (TPSA) is 120 Å². The average Bonchev–Trinajstić information content (AvgIpc) is 2.79. The molecule has 0 aromatic heterocycles. The van der Waals surface area contributed by atoms with E-state index in [1.54, 1.807) is 53.4 Å². The molecule has 4 amide bonds. The number of amides is 4. The Bertz CT molecular complexity index is 982. The van der Waals surface area contributed by atoms with Gasteiger partial charge in [0.25, 0.3) is 5.91 Å². The van der Waals surface area contributed by atoms with Gasteiger partial charge >= 0.3 is 6.03 Å². The molecule has 0 bridgehead atoms. The number of nitrogens with zero attached hydrogens (tertiary/aromatic N) is 1. The molecule has 3 rings (SSSR count). The summed E-state index contributed by atoms with van der Waals surface area (Å²) < 4.78 is 5.11. The quantitative estimate of drug-likeness (QED) is 0.521. The molecule has 0 spiro atoms. The molecule has 0 unspecified atom stereocenters. The van der Waals surface area contributed by atoms with E-state index in [1.165, 1.54) is 0 Å². The van der Waals surface area contributed by atoms with Gasteiger partial charge in [0.2, 0.25) is 5.91 Å². The molecule has 1 aliphatic heterocycles. The lowest BCUT2D eigenvalue weighted by Crippen LogP contribution is -2.47. The van der Waals surface area contributed by atoms with Crippen molar-refractivity contribution in [1.29, 1.82) is 0 Å². The molecular weight excluding hydrogens is 400 g/mol. The number of carbonyl (C=O) groups excluding carboxylic acids is 3. The van der Waals surface area contributed by atoms with Gasteiger partial charge in [-0.15, -0.1) is 6.42 Å². The highest BCUT2D eigenvalue weighted by molar-refractivity contribution is 6.00. The predicted octanol–water partition coefficient (Wildman–Crippen LogP) is 1.15. The number of anilines is 3. The average molecular weight is 422 g/mol. The second kappa shape index (κ2) is 10.2. The molecule has 1 aliphatic rings. The number of hydrogen-bond acceptors (Lipinski definition) is 5. The number of aliphatic hydroxyl groups excluding tert-OH is 1. The third kappa shape index (κ3) is 5.82. The Morgan fingerprint density at radius 2 is 1.74 bits per heavy atom. The van der Waals surface area contributed by atoms with Crippen LogP contribution >= 0.6 is 0 Å². The van der Waals surface area contributed by atoms with Crippen LogP contribution < -0.4 is 20.9 Å². The minimum Gasteiger partial charge on any atom is -0.394 e. The van der Waals surface area contributed by atoms with E-state index in [1.807, 2.05) is 0 Å². The molecule has 0 saturated carbocycles. The van der Waals surface area contributed by atoms with Crippen LogP contribution in [0, 0.1) is 12.3 Å². The molecule has 2 aromatic rings. The Hall–Kier alpha value is -3.87. The molecule has 2 aromatic carbocycles. The second-order valence-electron chi connectivity index (χ2n) is 6.69. The smallest absolute Gasteiger partial charge is 0.319 e. The van der Waals surface area contributed by atoms with Crippen LogP contribution in [0.4, 0.5) is 21.9 Å². The van der Waals surface area contributed by atoms with Crippen molar-refractivity contribution in [2.24, 2.45) is 0 Å². The molecular formula is C22H22N4O5. The summed E-state index contributed by atoms with van der Waals surface area (Å²) in [5, 5.41) is 17.1. The normalized spacial score (nSPS) is 14.3. The Balaban J connectivity index is 1.55. The fourth-order valence-corrected chi connectivity index (χ4v) is 2.91. The Morgan fingerprint density at radius 3 is 2.35 bits per heavy atom. The number of aliphatic hydroxyl groups is 1. The zero-order chi connectivity index (χ0) is 22.2. The predicted molar refractivity (Wildman–Crippen MR) is 116 cm³/mol. The highest BCUT2D eigenvalue weighted by Crippen LogP contribution is 2.19. The maximum atomic E-state index is 12.4. The largest absolute Gasteiger partial charge is 0.394 e.